The van der Waals surface area contributed by atoms with Crippen LogP contribution in [0.4, 0.5) is 13.2 Å². The summed E-state index contributed by atoms with van der Waals surface area (Å²) in [5.74, 6) is 0. The molecule has 0 radical (unpaired) electrons. The van der Waals surface area contributed by atoms with Crippen LogP contribution in [0.2, 0.25) is 0 Å². The smallest absolute Gasteiger partial charge is 0.296 e. The lowest BCUT2D eigenvalue weighted by atomic mass is 10.0. The van der Waals surface area contributed by atoms with Crippen molar-refractivity contribution in [3.8, 4) is 11.1 Å². The second-order valence-corrected chi connectivity index (χ2v) is 3.51. The minimum atomic E-state index is -4.49. The molecule has 18 heavy (non-hydrogen) atoms. The molecule has 0 amide bonds. The van der Waals surface area contributed by atoms with Gasteiger partial charge in [-0.15, -0.1) is 0 Å². The molecule has 2 aromatic rings. The molecule has 0 bridgehead atoms. The van der Waals surface area contributed by atoms with Crippen LogP contribution in [0.15, 0.2) is 36.8 Å². The highest BCUT2D eigenvalue weighted by Gasteiger charge is 2.31. The van der Waals surface area contributed by atoms with E-state index in [9.17, 15) is 18.0 Å². The Morgan fingerprint density at radius 1 is 1.17 bits per heavy atom. The lowest BCUT2D eigenvalue weighted by Crippen LogP contribution is -2.07. The highest BCUT2D eigenvalue weighted by atomic mass is 19.4. The van der Waals surface area contributed by atoms with Gasteiger partial charge in [0.25, 0.3) is 0 Å². The van der Waals surface area contributed by atoms with Gasteiger partial charge in [0.15, 0.2) is 6.29 Å². The second kappa shape index (κ2) is 4.56. The van der Waals surface area contributed by atoms with Crippen LogP contribution in [0.3, 0.4) is 0 Å². The van der Waals surface area contributed by atoms with E-state index in [2.05, 4.69) is 9.97 Å². The number of carbonyl (C=O) groups is 1. The summed E-state index contributed by atoms with van der Waals surface area (Å²) in [5.41, 5.74) is -0.318. The third-order valence-electron chi connectivity index (χ3n) is 2.35. The zero-order valence-electron chi connectivity index (χ0n) is 8.98. The first kappa shape index (κ1) is 12.2. The number of hydrogen-bond donors (Lipinski definition) is 0. The van der Waals surface area contributed by atoms with Crippen molar-refractivity contribution in [3.05, 3.63) is 48.0 Å². The van der Waals surface area contributed by atoms with Crippen molar-refractivity contribution in [2.24, 2.45) is 0 Å². The number of rotatable bonds is 2. The Bertz CT molecular complexity index is 567. The van der Waals surface area contributed by atoms with Gasteiger partial charge in [-0.1, -0.05) is 0 Å². The van der Waals surface area contributed by atoms with E-state index in [4.69, 9.17) is 0 Å². The molecule has 0 spiro atoms. The van der Waals surface area contributed by atoms with E-state index in [1.54, 1.807) is 0 Å². The maximum absolute atomic E-state index is 12.6. The fourth-order valence-electron chi connectivity index (χ4n) is 1.49. The fourth-order valence-corrected chi connectivity index (χ4v) is 1.49. The van der Waals surface area contributed by atoms with Crippen molar-refractivity contribution in [1.82, 2.24) is 9.97 Å². The summed E-state index contributed by atoms with van der Waals surface area (Å²) in [5, 5.41) is 0. The van der Waals surface area contributed by atoms with Crippen LogP contribution in [0.25, 0.3) is 11.1 Å². The van der Waals surface area contributed by atoms with E-state index < -0.39 is 11.7 Å². The zero-order chi connectivity index (χ0) is 13.2. The van der Waals surface area contributed by atoms with Gasteiger partial charge in [-0.05, 0) is 23.8 Å². The number of aldehydes is 1. The van der Waals surface area contributed by atoms with Crippen LogP contribution in [0.5, 0.6) is 0 Å². The van der Waals surface area contributed by atoms with E-state index in [1.807, 2.05) is 0 Å². The van der Waals surface area contributed by atoms with Crippen LogP contribution in [0, 0.1) is 0 Å². The van der Waals surface area contributed by atoms with Gasteiger partial charge < -0.3 is 0 Å². The molecule has 0 saturated heterocycles. The van der Waals surface area contributed by atoms with E-state index >= 15 is 0 Å². The minimum absolute atomic E-state index is 0.0331. The molecule has 0 aliphatic rings. The van der Waals surface area contributed by atoms with Crippen molar-refractivity contribution in [2.75, 3.05) is 0 Å². The summed E-state index contributed by atoms with van der Waals surface area (Å²) in [6.07, 6.45) is -0.547. The van der Waals surface area contributed by atoms with Gasteiger partial charge in [-0.25, -0.2) is 0 Å². The van der Waals surface area contributed by atoms with Crippen molar-refractivity contribution >= 4 is 6.29 Å². The van der Waals surface area contributed by atoms with Crippen molar-refractivity contribution in [2.45, 2.75) is 6.18 Å². The lowest BCUT2D eigenvalue weighted by molar-refractivity contribution is -0.137. The monoisotopic (exact) mass is 252 g/mol. The van der Waals surface area contributed by atoms with Crippen LogP contribution in [-0.2, 0) is 6.18 Å². The Morgan fingerprint density at radius 2 is 1.83 bits per heavy atom. The first-order valence-corrected chi connectivity index (χ1v) is 4.95. The van der Waals surface area contributed by atoms with Gasteiger partial charge in [0.2, 0.25) is 0 Å². The SMILES string of the molecule is O=Cc1ncc(C(F)(F)F)cc1-c1ccncc1. The van der Waals surface area contributed by atoms with E-state index in [0.717, 1.165) is 6.07 Å². The van der Waals surface area contributed by atoms with Crippen LogP contribution < -0.4 is 0 Å². The quantitative estimate of drug-likeness (QED) is 0.771. The Balaban J connectivity index is 2.61. The number of alkyl halides is 3. The van der Waals surface area contributed by atoms with E-state index in [-0.39, 0.29) is 11.3 Å². The molecule has 0 saturated carbocycles. The summed E-state index contributed by atoms with van der Waals surface area (Å²) in [7, 11) is 0. The number of halogens is 3. The number of aromatic nitrogens is 2. The Morgan fingerprint density at radius 3 is 2.39 bits per heavy atom. The van der Waals surface area contributed by atoms with Crippen LogP contribution in [-0.4, -0.2) is 16.3 Å². The average Bonchev–Trinajstić information content (AvgIpc) is 2.38. The number of pyridine rings is 2. The van der Waals surface area contributed by atoms with Crippen molar-refractivity contribution in [1.29, 1.82) is 0 Å². The molecule has 0 aliphatic heterocycles. The molecule has 2 heterocycles. The van der Waals surface area contributed by atoms with Gasteiger partial charge in [-0.2, -0.15) is 13.2 Å². The molecule has 0 aromatic carbocycles. The standard InChI is InChI=1S/C12H7F3N2O/c13-12(14,15)9-5-10(11(7-18)17-6-9)8-1-3-16-4-2-8/h1-7H. The molecule has 2 rings (SSSR count). The predicted molar refractivity (Wildman–Crippen MR) is 57.9 cm³/mol. The lowest BCUT2D eigenvalue weighted by Gasteiger charge is -2.10. The van der Waals surface area contributed by atoms with Gasteiger partial charge in [-0.3, -0.25) is 14.8 Å². The Kier molecular flexibility index (Phi) is 3.10. The van der Waals surface area contributed by atoms with Gasteiger partial charge in [0.1, 0.15) is 5.69 Å². The van der Waals surface area contributed by atoms with Crippen LogP contribution >= 0.6 is 0 Å². The predicted octanol–water partition coefficient (Wildman–Crippen LogP) is 2.97. The zero-order valence-corrected chi connectivity index (χ0v) is 8.98. The summed E-state index contributed by atoms with van der Waals surface area (Å²) in [4.78, 5) is 18.1. The maximum atomic E-state index is 12.6. The first-order valence-electron chi connectivity index (χ1n) is 4.95. The molecular formula is C12H7F3N2O. The first-order chi connectivity index (χ1) is 8.52. The molecule has 3 nitrogen and oxygen atoms in total. The van der Waals surface area contributed by atoms with Crippen molar-refractivity contribution in [3.63, 3.8) is 0 Å². The second-order valence-electron chi connectivity index (χ2n) is 3.51. The average molecular weight is 252 g/mol. The molecule has 0 N–H and O–H groups in total. The topological polar surface area (TPSA) is 42.9 Å². The molecule has 2 aromatic heterocycles. The third kappa shape index (κ3) is 2.37. The van der Waals surface area contributed by atoms with E-state index in [0.29, 0.717) is 18.0 Å². The van der Waals surface area contributed by atoms with E-state index in [1.165, 1.54) is 24.5 Å². The molecule has 0 aliphatic carbocycles. The summed E-state index contributed by atoms with van der Waals surface area (Å²) in [6.45, 7) is 0. The minimum Gasteiger partial charge on any atom is -0.296 e. The molecular weight excluding hydrogens is 245 g/mol. The maximum Gasteiger partial charge on any atom is 0.417 e. The molecule has 6 heteroatoms. The number of nitrogens with zero attached hydrogens (tertiary/aromatic N) is 2. The van der Waals surface area contributed by atoms with Gasteiger partial charge in [0, 0.05) is 24.2 Å². The largest absolute Gasteiger partial charge is 0.417 e. The Labute approximate surface area is 100 Å². The summed E-state index contributed by atoms with van der Waals surface area (Å²) >= 11 is 0. The highest BCUT2D eigenvalue weighted by molar-refractivity contribution is 5.85. The highest BCUT2D eigenvalue weighted by Crippen LogP contribution is 2.32. The Hall–Kier alpha value is -2.24. The van der Waals surface area contributed by atoms with Gasteiger partial charge in [0.05, 0.1) is 5.56 Å². The molecule has 0 unspecified atom stereocenters. The number of carbonyl (C=O) groups excluding carboxylic acids is 1. The summed E-state index contributed by atoms with van der Waals surface area (Å²) in [6, 6.07) is 3.94. The van der Waals surface area contributed by atoms with Crippen molar-refractivity contribution < 1.29 is 18.0 Å². The summed E-state index contributed by atoms with van der Waals surface area (Å²) < 4.78 is 37.7. The number of hydrogen-bond acceptors (Lipinski definition) is 3. The van der Waals surface area contributed by atoms with Gasteiger partial charge >= 0.3 is 6.18 Å². The van der Waals surface area contributed by atoms with Crippen LogP contribution in [0.1, 0.15) is 16.1 Å². The molecule has 92 valence electrons. The fraction of sp³-hybridized carbons (Fsp3) is 0.0833. The molecule has 0 fully saturated rings. The third-order valence-corrected chi connectivity index (χ3v) is 2.35. The molecule has 0 atom stereocenters. The normalized spacial score (nSPS) is 11.3.